The van der Waals surface area contributed by atoms with Gasteiger partial charge in [0.1, 0.15) is 5.82 Å². The fourth-order valence-electron chi connectivity index (χ4n) is 2.20. The largest absolute Gasteiger partial charge is 0.385 e. The van der Waals surface area contributed by atoms with Crippen LogP contribution in [0.15, 0.2) is 48.5 Å². The standard InChI is InChI=1S/C17H19FN2O/c1-3-19-16-10-5-4-9-15(16)17(21)20(2)12-13-7-6-8-14(18)11-13/h4-11,19H,3,12H2,1-2H3. The molecule has 0 atom stereocenters. The molecule has 0 saturated heterocycles. The van der Waals surface area contributed by atoms with Crippen molar-refractivity contribution in [3.8, 4) is 0 Å². The maximum atomic E-state index is 13.2. The molecule has 0 bridgehead atoms. The van der Waals surface area contributed by atoms with Gasteiger partial charge in [0.2, 0.25) is 0 Å². The molecule has 0 aliphatic heterocycles. The van der Waals surface area contributed by atoms with Crippen LogP contribution in [0.3, 0.4) is 0 Å². The Hall–Kier alpha value is -2.36. The van der Waals surface area contributed by atoms with Gasteiger partial charge in [0.05, 0.1) is 5.56 Å². The Kier molecular flexibility index (Phi) is 4.93. The summed E-state index contributed by atoms with van der Waals surface area (Å²) in [6.45, 7) is 3.10. The van der Waals surface area contributed by atoms with E-state index < -0.39 is 0 Å². The predicted molar refractivity (Wildman–Crippen MR) is 82.8 cm³/mol. The first-order valence-corrected chi connectivity index (χ1v) is 6.94. The number of nitrogens with zero attached hydrogens (tertiary/aromatic N) is 1. The van der Waals surface area contributed by atoms with Crippen molar-refractivity contribution in [2.45, 2.75) is 13.5 Å². The van der Waals surface area contributed by atoms with Gasteiger partial charge in [0.15, 0.2) is 0 Å². The van der Waals surface area contributed by atoms with Gasteiger partial charge in [-0.15, -0.1) is 0 Å². The summed E-state index contributed by atoms with van der Waals surface area (Å²) in [5, 5.41) is 3.18. The summed E-state index contributed by atoms with van der Waals surface area (Å²) in [4.78, 5) is 14.1. The zero-order valence-electron chi connectivity index (χ0n) is 12.3. The predicted octanol–water partition coefficient (Wildman–Crippen LogP) is 3.53. The number of carbonyl (C=O) groups is 1. The number of para-hydroxylation sites is 1. The van der Waals surface area contributed by atoms with Crippen LogP contribution in [0.4, 0.5) is 10.1 Å². The average Bonchev–Trinajstić information content (AvgIpc) is 2.47. The fourth-order valence-corrected chi connectivity index (χ4v) is 2.20. The first-order chi connectivity index (χ1) is 10.1. The van der Waals surface area contributed by atoms with Crippen LogP contribution in [0, 0.1) is 5.82 Å². The van der Waals surface area contributed by atoms with E-state index in [0.717, 1.165) is 17.8 Å². The van der Waals surface area contributed by atoms with Crippen molar-refractivity contribution in [1.82, 2.24) is 4.90 Å². The van der Waals surface area contributed by atoms with Gasteiger partial charge in [-0.1, -0.05) is 24.3 Å². The van der Waals surface area contributed by atoms with E-state index >= 15 is 0 Å². The van der Waals surface area contributed by atoms with Gasteiger partial charge in [-0.25, -0.2) is 4.39 Å². The highest BCUT2D eigenvalue weighted by Gasteiger charge is 2.15. The van der Waals surface area contributed by atoms with Crippen LogP contribution in [0.25, 0.3) is 0 Å². The van der Waals surface area contributed by atoms with Crippen LogP contribution < -0.4 is 5.32 Å². The molecule has 110 valence electrons. The Morgan fingerprint density at radius 1 is 1.19 bits per heavy atom. The van der Waals surface area contributed by atoms with E-state index in [9.17, 15) is 9.18 Å². The Morgan fingerprint density at radius 2 is 1.95 bits per heavy atom. The number of amides is 1. The first kappa shape index (κ1) is 15.0. The molecule has 0 saturated carbocycles. The second kappa shape index (κ2) is 6.88. The van der Waals surface area contributed by atoms with Gasteiger partial charge in [-0.3, -0.25) is 4.79 Å². The summed E-state index contributed by atoms with van der Waals surface area (Å²) in [5.74, 6) is -0.378. The van der Waals surface area contributed by atoms with E-state index in [1.807, 2.05) is 31.2 Å². The molecule has 0 heterocycles. The molecule has 1 amide bonds. The van der Waals surface area contributed by atoms with Crippen molar-refractivity contribution < 1.29 is 9.18 Å². The van der Waals surface area contributed by atoms with Crippen molar-refractivity contribution in [2.75, 3.05) is 18.9 Å². The summed E-state index contributed by atoms with van der Waals surface area (Å²) in [6, 6.07) is 13.7. The molecule has 2 aromatic carbocycles. The van der Waals surface area contributed by atoms with Crippen LogP contribution in [0.1, 0.15) is 22.8 Å². The lowest BCUT2D eigenvalue weighted by atomic mass is 10.1. The number of rotatable bonds is 5. The molecule has 0 radical (unpaired) electrons. The molecule has 0 fully saturated rings. The number of hydrogen-bond acceptors (Lipinski definition) is 2. The van der Waals surface area contributed by atoms with Gasteiger partial charge in [-0.05, 0) is 36.8 Å². The van der Waals surface area contributed by atoms with Gasteiger partial charge >= 0.3 is 0 Å². The third-order valence-electron chi connectivity index (χ3n) is 3.18. The Bertz CT molecular complexity index is 628. The second-order valence-corrected chi connectivity index (χ2v) is 4.87. The third kappa shape index (κ3) is 3.81. The normalized spacial score (nSPS) is 10.2. The van der Waals surface area contributed by atoms with Crippen LogP contribution in [-0.4, -0.2) is 24.4 Å². The van der Waals surface area contributed by atoms with Gasteiger partial charge in [0.25, 0.3) is 5.91 Å². The van der Waals surface area contributed by atoms with E-state index in [4.69, 9.17) is 0 Å². The summed E-state index contributed by atoms with van der Waals surface area (Å²) in [6.07, 6.45) is 0. The van der Waals surface area contributed by atoms with Crippen molar-refractivity contribution in [1.29, 1.82) is 0 Å². The quantitative estimate of drug-likeness (QED) is 0.912. The Labute approximate surface area is 124 Å². The monoisotopic (exact) mass is 286 g/mol. The third-order valence-corrected chi connectivity index (χ3v) is 3.18. The molecule has 0 aromatic heterocycles. The smallest absolute Gasteiger partial charge is 0.255 e. The minimum Gasteiger partial charge on any atom is -0.385 e. The van der Waals surface area contributed by atoms with E-state index in [2.05, 4.69) is 5.32 Å². The lowest BCUT2D eigenvalue weighted by Gasteiger charge is -2.19. The van der Waals surface area contributed by atoms with Crippen LogP contribution in [-0.2, 0) is 6.54 Å². The zero-order chi connectivity index (χ0) is 15.2. The van der Waals surface area contributed by atoms with Crippen LogP contribution in [0.5, 0.6) is 0 Å². The molecular formula is C17H19FN2O. The number of hydrogen-bond donors (Lipinski definition) is 1. The molecule has 1 N–H and O–H groups in total. The molecule has 21 heavy (non-hydrogen) atoms. The van der Waals surface area contributed by atoms with E-state index in [0.29, 0.717) is 12.1 Å². The molecule has 0 unspecified atom stereocenters. The topological polar surface area (TPSA) is 32.3 Å². The average molecular weight is 286 g/mol. The van der Waals surface area contributed by atoms with Crippen molar-refractivity contribution in [3.05, 3.63) is 65.5 Å². The number of halogens is 1. The van der Waals surface area contributed by atoms with Gasteiger partial charge in [-0.2, -0.15) is 0 Å². The van der Waals surface area contributed by atoms with E-state index in [1.165, 1.54) is 12.1 Å². The maximum absolute atomic E-state index is 13.2. The minimum atomic E-state index is -0.290. The molecule has 0 spiro atoms. The maximum Gasteiger partial charge on any atom is 0.255 e. The molecule has 0 aliphatic rings. The highest BCUT2D eigenvalue weighted by molar-refractivity contribution is 5.99. The summed E-state index contributed by atoms with van der Waals surface area (Å²) in [7, 11) is 1.72. The first-order valence-electron chi connectivity index (χ1n) is 6.94. The second-order valence-electron chi connectivity index (χ2n) is 4.87. The summed E-state index contributed by atoms with van der Waals surface area (Å²) < 4.78 is 13.2. The van der Waals surface area contributed by atoms with Crippen LogP contribution >= 0.6 is 0 Å². The molecule has 2 aromatic rings. The van der Waals surface area contributed by atoms with E-state index in [1.54, 1.807) is 24.1 Å². The van der Waals surface area contributed by atoms with Crippen LogP contribution in [0.2, 0.25) is 0 Å². The number of nitrogens with one attached hydrogen (secondary N) is 1. The molecular weight excluding hydrogens is 267 g/mol. The molecule has 3 nitrogen and oxygen atoms in total. The Balaban J connectivity index is 2.16. The van der Waals surface area contributed by atoms with Gasteiger partial charge in [0, 0.05) is 25.8 Å². The zero-order valence-corrected chi connectivity index (χ0v) is 12.3. The molecule has 2 rings (SSSR count). The highest BCUT2D eigenvalue weighted by atomic mass is 19.1. The Morgan fingerprint density at radius 3 is 2.67 bits per heavy atom. The van der Waals surface area contributed by atoms with Crippen molar-refractivity contribution in [2.24, 2.45) is 0 Å². The number of anilines is 1. The summed E-state index contributed by atoms with van der Waals surface area (Å²) >= 11 is 0. The number of carbonyl (C=O) groups excluding carboxylic acids is 1. The van der Waals surface area contributed by atoms with Crippen molar-refractivity contribution in [3.63, 3.8) is 0 Å². The van der Waals surface area contributed by atoms with E-state index in [-0.39, 0.29) is 11.7 Å². The lowest BCUT2D eigenvalue weighted by Crippen LogP contribution is -2.27. The SMILES string of the molecule is CCNc1ccccc1C(=O)N(C)Cc1cccc(F)c1. The lowest BCUT2D eigenvalue weighted by molar-refractivity contribution is 0.0786. The summed E-state index contributed by atoms with van der Waals surface area (Å²) in [5.41, 5.74) is 2.21. The van der Waals surface area contributed by atoms with Gasteiger partial charge < -0.3 is 10.2 Å². The van der Waals surface area contributed by atoms with Crippen molar-refractivity contribution >= 4 is 11.6 Å². The highest BCUT2D eigenvalue weighted by Crippen LogP contribution is 2.18. The fraction of sp³-hybridized carbons (Fsp3) is 0.235. The number of benzene rings is 2. The molecule has 0 aliphatic carbocycles. The molecule has 4 heteroatoms. The minimum absolute atomic E-state index is 0.0872.